The van der Waals surface area contributed by atoms with Crippen LogP contribution in [-0.2, 0) is 14.4 Å². The fourth-order valence-corrected chi connectivity index (χ4v) is 1.24. The molecule has 9 nitrogen and oxygen atoms in total. The molecule has 0 radical (unpaired) electrons. The molecule has 0 spiro atoms. The molecule has 1 atom stereocenters. The van der Waals surface area contributed by atoms with Crippen LogP contribution >= 0.6 is 0 Å². The van der Waals surface area contributed by atoms with Gasteiger partial charge in [0.05, 0.1) is 16.9 Å². The summed E-state index contributed by atoms with van der Waals surface area (Å²) in [4.78, 5) is 8.90. The van der Waals surface area contributed by atoms with Crippen LogP contribution in [0.5, 0.6) is 0 Å². The quantitative estimate of drug-likeness (QED) is 0.322. The Bertz CT molecular complexity index is 192. The summed E-state index contributed by atoms with van der Waals surface area (Å²) in [6.07, 6.45) is 1.36. The van der Waals surface area contributed by atoms with Crippen LogP contribution in [0.4, 0.5) is 0 Å². The predicted octanol–water partition coefficient (Wildman–Crippen LogP) is 0.974. The summed E-state index contributed by atoms with van der Waals surface area (Å²) >= 11 is 0. The Labute approximate surface area is 105 Å². The molecule has 0 aliphatic rings. The molecule has 0 unspecified atom stereocenters. The molecule has 0 amide bonds. The first-order valence-electron chi connectivity index (χ1n) is 5.69. The molecule has 0 heterocycles. The van der Waals surface area contributed by atoms with Gasteiger partial charge in [0, 0.05) is 6.61 Å². The lowest BCUT2D eigenvalue weighted by Crippen LogP contribution is -2.31. The van der Waals surface area contributed by atoms with Crippen molar-refractivity contribution in [2.24, 2.45) is 0 Å². The molecule has 0 aromatic rings. The van der Waals surface area contributed by atoms with E-state index in [0.717, 1.165) is 6.42 Å². The molecule has 0 bridgehead atoms. The van der Waals surface area contributed by atoms with E-state index in [2.05, 4.69) is 9.68 Å². The van der Waals surface area contributed by atoms with Gasteiger partial charge in [0.1, 0.15) is 12.7 Å². The molecule has 18 heavy (non-hydrogen) atoms. The van der Waals surface area contributed by atoms with Crippen LogP contribution in [0.15, 0.2) is 0 Å². The maximum atomic E-state index is 8.51. The maximum Gasteiger partial charge on any atom is 0.110 e. The molecule has 9 heteroatoms. The number of rotatable bonds is 11. The van der Waals surface area contributed by atoms with Crippen LogP contribution in [0.3, 0.4) is 0 Å². The van der Waals surface area contributed by atoms with E-state index >= 15 is 0 Å². The Morgan fingerprint density at radius 3 is 2.17 bits per heavy atom. The van der Waals surface area contributed by atoms with Gasteiger partial charge in [0.15, 0.2) is 0 Å². The number of nitrogens with zero attached hydrogens (tertiary/aromatic N) is 2. The summed E-state index contributed by atoms with van der Waals surface area (Å²) in [6.45, 7) is 4.23. The third kappa shape index (κ3) is 12.1. The average Bonchev–Trinajstić information content (AvgIpc) is 2.23. The Balaban J connectivity index is 3.72. The van der Waals surface area contributed by atoms with E-state index in [-0.39, 0.29) is 12.7 Å². The van der Waals surface area contributed by atoms with Crippen molar-refractivity contribution >= 4 is 0 Å². The molecule has 0 aromatic carbocycles. The van der Waals surface area contributed by atoms with Crippen molar-refractivity contribution in [1.29, 1.82) is 0 Å². The van der Waals surface area contributed by atoms with Gasteiger partial charge in [-0.2, -0.15) is 0 Å². The highest BCUT2D eigenvalue weighted by Gasteiger charge is 2.14. The zero-order valence-electron chi connectivity index (χ0n) is 10.6. The zero-order valence-corrected chi connectivity index (χ0v) is 10.6. The monoisotopic (exact) mass is 270 g/mol. The first-order valence-corrected chi connectivity index (χ1v) is 5.69. The van der Waals surface area contributed by atoms with Crippen molar-refractivity contribution in [3.63, 3.8) is 0 Å². The smallest absolute Gasteiger partial charge is 0.110 e. The molecule has 0 saturated carbocycles. The van der Waals surface area contributed by atoms with Crippen LogP contribution in [0.1, 0.15) is 33.1 Å². The summed E-state index contributed by atoms with van der Waals surface area (Å²) in [7, 11) is 0. The van der Waals surface area contributed by atoms with Crippen molar-refractivity contribution in [1.82, 2.24) is 10.8 Å². The zero-order chi connectivity index (χ0) is 14.0. The molecule has 0 aliphatic carbocycles. The lowest BCUT2D eigenvalue weighted by Gasteiger charge is -2.19. The molecular weight excluding hydrogens is 248 g/mol. The summed E-state index contributed by atoms with van der Waals surface area (Å²) in [6, 6.07) is 0. The Hall–Kier alpha value is -0.360. The van der Waals surface area contributed by atoms with Gasteiger partial charge in [0.2, 0.25) is 0 Å². The van der Waals surface area contributed by atoms with Gasteiger partial charge in [-0.1, -0.05) is 0 Å². The standard InChI is InChI=1S/C9H22N2O7/c1-8(2)16-6-4-3-5-9(18-11(14)15)7-17-10(12)13/h8-9,12-15H,3-7H2,1-2H3/t9-/m0/s1. The number of hydrogen-bond acceptors (Lipinski definition) is 9. The Kier molecular flexibility index (Phi) is 10.3. The second-order valence-corrected chi connectivity index (χ2v) is 3.94. The van der Waals surface area contributed by atoms with E-state index in [4.69, 9.17) is 25.6 Å². The minimum Gasteiger partial charge on any atom is -0.379 e. The van der Waals surface area contributed by atoms with Crippen LogP contribution in [0, 0.1) is 0 Å². The summed E-state index contributed by atoms with van der Waals surface area (Å²) in [5.41, 5.74) is 0. The van der Waals surface area contributed by atoms with E-state index in [1.54, 1.807) is 0 Å². The van der Waals surface area contributed by atoms with Crippen molar-refractivity contribution in [3.8, 4) is 0 Å². The SMILES string of the molecule is CC(C)OCCCC[C@@H](CON(O)O)ON(O)O. The molecule has 110 valence electrons. The van der Waals surface area contributed by atoms with Crippen molar-refractivity contribution < 1.29 is 35.2 Å². The van der Waals surface area contributed by atoms with E-state index < -0.39 is 16.9 Å². The van der Waals surface area contributed by atoms with Gasteiger partial charge in [-0.05, 0) is 33.1 Å². The van der Waals surface area contributed by atoms with Crippen LogP contribution < -0.4 is 0 Å². The molecule has 0 aliphatic heterocycles. The van der Waals surface area contributed by atoms with Gasteiger partial charge in [-0.15, -0.1) is 0 Å². The normalized spacial score (nSPS) is 13.8. The van der Waals surface area contributed by atoms with E-state index in [9.17, 15) is 0 Å². The highest BCUT2D eigenvalue weighted by Crippen LogP contribution is 2.07. The third-order valence-corrected chi connectivity index (χ3v) is 1.99. The lowest BCUT2D eigenvalue weighted by molar-refractivity contribution is -0.527. The second kappa shape index (κ2) is 10.6. The topological polar surface area (TPSA) is 115 Å². The van der Waals surface area contributed by atoms with E-state index in [0.29, 0.717) is 19.4 Å². The average molecular weight is 270 g/mol. The maximum absolute atomic E-state index is 8.51. The highest BCUT2D eigenvalue weighted by atomic mass is 17.1. The fourth-order valence-electron chi connectivity index (χ4n) is 1.24. The summed E-state index contributed by atoms with van der Waals surface area (Å²) < 4.78 is 5.33. The summed E-state index contributed by atoms with van der Waals surface area (Å²) in [5.74, 6) is 0. The molecule has 4 N–H and O–H groups in total. The van der Waals surface area contributed by atoms with Crippen molar-refractivity contribution in [2.75, 3.05) is 13.2 Å². The van der Waals surface area contributed by atoms with E-state index in [1.165, 1.54) is 0 Å². The first-order chi connectivity index (χ1) is 8.41. The third-order valence-electron chi connectivity index (χ3n) is 1.99. The number of ether oxygens (including phenoxy) is 1. The highest BCUT2D eigenvalue weighted by molar-refractivity contribution is 4.55. The molecule has 0 fully saturated rings. The van der Waals surface area contributed by atoms with Crippen LogP contribution in [0.2, 0.25) is 0 Å². The molecule has 0 saturated heterocycles. The first kappa shape index (κ1) is 17.6. The fraction of sp³-hybridized carbons (Fsp3) is 1.00. The second-order valence-electron chi connectivity index (χ2n) is 3.94. The minimum atomic E-state index is -0.721. The van der Waals surface area contributed by atoms with Crippen molar-refractivity contribution in [3.05, 3.63) is 0 Å². The van der Waals surface area contributed by atoms with Crippen LogP contribution in [0.25, 0.3) is 0 Å². The van der Waals surface area contributed by atoms with E-state index in [1.807, 2.05) is 13.8 Å². The van der Waals surface area contributed by atoms with Crippen molar-refractivity contribution in [2.45, 2.75) is 45.3 Å². The largest absolute Gasteiger partial charge is 0.379 e. The van der Waals surface area contributed by atoms with Crippen LogP contribution in [-0.4, -0.2) is 57.0 Å². The lowest BCUT2D eigenvalue weighted by atomic mass is 10.2. The molecular formula is C9H22N2O7. The van der Waals surface area contributed by atoms with Gasteiger partial charge in [-0.3, -0.25) is 20.8 Å². The van der Waals surface area contributed by atoms with Gasteiger partial charge in [-0.25, -0.2) is 9.68 Å². The Morgan fingerprint density at radius 2 is 1.67 bits per heavy atom. The van der Waals surface area contributed by atoms with Gasteiger partial charge in [0.25, 0.3) is 0 Å². The predicted molar refractivity (Wildman–Crippen MR) is 56.6 cm³/mol. The molecule has 0 aromatic heterocycles. The molecule has 0 rings (SSSR count). The minimum absolute atomic E-state index is 0.170. The van der Waals surface area contributed by atoms with Gasteiger partial charge >= 0.3 is 0 Å². The summed E-state index contributed by atoms with van der Waals surface area (Å²) in [5, 5.41) is 32.8. The number of hydrogen-bond donors (Lipinski definition) is 4. The number of unbranched alkanes of at least 4 members (excludes halogenated alkanes) is 1. The Morgan fingerprint density at radius 1 is 1.00 bits per heavy atom. The van der Waals surface area contributed by atoms with Gasteiger partial charge < -0.3 is 4.74 Å².